The summed E-state index contributed by atoms with van der Waals surface area (Å²) in [5.41, 5.74) is 1.19. The van der Waals surface area contributed by atoms with Crippen molar-refractivity contribution in [3.8, 4) is 0 Å². The first-order valence-corrected chi connectivity index (χ1v) is 6.03. The largest absolute Gasteiger partial charge is 0.392 e. The summed E-state index contributed by atoms with van der Waals surface area (Å²) in [6.07, 6.45) is 2.19. The minimum Gasteiger partial charge on any atom is -0.392 e. The molecule has 16 heavy (non-hydrogen) atoms. The quantitative estimate of drug-likeness (QED) is 0.780. The number of rotatable bonds is 1. The molecule has 2 nitrogen and oxygen atoms in total. The van der Waals surface area contributed by atoms with Crippen LogP contribution in [-0.2, 0) is 4.79 Å². The van der Waals surface area contributed by atoms with Gasteiger partial charge in [-0.2, -0.15) is 0 Å². The Labute approximate surface area is 95.3 Å². The second kappa shape index (κ2) is 3.70. The summed E-state index contributed by atoms with van der Waals surface area (Å²) in [7, 11) is 0. The van der Waals surface area contributed by atoms with E-state index in [1.807, 2.05) is 18.2 Å². The first-order valence-electron chi connectivity index (χ1n) is 6.03. The lowest BCUT2D eigenvalue weighted by molar-refractivity contribution is -0.138. The van der Waals surface area contributed by atoms with E-state index in [1.165, 1.54) is 5.56 Å². The van der Waals surface area contributed by atoms with Crippen molar-refractivity contribution in [2.24, 2.45) is 11.8 Å². The second-order valence-electron chi connectivity index (χ2n) is 5.04. The van der Waals surface area contributed by atoms with E-state index in [2.05, 4.69) is 12.1 Å². The molecule has 1 aromatic rings. The number of hydrogen-bond acceptors (Lipinski definition) is 2. The van der Waals surface area contributed by atoms with Gasteiger partial charge in [0, 0.05) is 18.3 Å². The Bertz CT molecular complexity index is 396. The van der Waals surface area contributed by atoms with Gasteiger partial charge in [0.05, 0.1) is 6.10 Å². The normalized spacial score (nSPS) is 37.7. The van der Waals surface area contributed by atoms with E-state index in [1.54, 1.807) is 0 Å². The molecule has 3 aliphatic rings. The van der Waals surface area contributed by atoms with Crippen LogP contribution in [0.5, 0.6) is 0 Å². The average molecular weight is 216 g/mol. The van der Waals surface area contributed by atoms with Gasteiger partial charge in [0.1, 0.15) is 5.78 Å². The van der Waals surface area contributed by atoms with Gasteiger partial charge in [0.2, 0.25) is 0 Å². The average Bonchev–Trinajstić information content (AvgIpc) is 2.30. The molecule has 84 valence electrons. The number of aliphatic hydroxyl groups excluding tert-OH is 1. The summed E-state index contributed by atoms with van der Waals surface area (Å²) in [5, 5.41) is 10.3. The lowest BCUT2D eigenvalue weighted by Crippen LogP contribution is -2.47. The smallest absolute Gasteiger partial charge is 0.138 e. The van der Waals surface area contributed by atoms with E-state index in [-0.39, 0.29) is 17.6 Å². The van der Waals surface area contributed by atoms with Gasteiger partial charge in [-0.05, 0) is 24.3 Å². The zero-order valence-electron chi connectivity index (χ0n) is 9.17. The standard InChI is InChI=1S/C14H16O2/c15-12-8-10-6-7-11(12)14(16)13(10)9-4-2-1-3-5-9/h1-5,10-11,13-14,16H,6-8H2/t10-,11?,13?,14?/m0/s1. The summed E-state index contributed by atoms with van der Waals surface area (Å²) in [6.45, 7) is 0. The molecule has 2 bridgehead atoms. The van der Waals surface area contributed by atoms with E-state index in [0.717, 1.165) is 12.8 Å². The Morgan fingerprint density at radius 2 is 1.88 bits per heavy atom. The fraction of sp³-hybridized carbons (Fsp3) is 0.500. The maximum absolute atomic E-state index is 11.7. The number of hydrogen-bond donors (Lipinski definition) is 1. The van der Waals surface area contributed by atoms with E-state index in [9.17, 15) is 9.90 Å². The third-order valence-corrected chi connectivity index (χ3v) is 4.20. The molecule has 0 aliphatic heterocycles. The molecule has 3 unspecified atom stereocenters. The highest BCUT2D eigenvalue weighted by Gasteiger charge is 2.47. The molecule has 0 spiro atoms. The summed E-state index contributed by atoms with van der Waals surface area (Å²) in [6, 6.07) is 10.1. The molecule has 0 radical (unpaired) electrons. The molecule has 0 amide bonds. The van der Waals surface area contributed by atoms with Gasteiger partial charge in [-0.25, -0.2) is 0 Å². The van der Waals surface area contributed by atoms with E-state index in [4.69, 9.17) is 0 Å². The molecule has 3 aliphatic carbocycles. The van der Waals surface area contributed by atoms with E-state index >= 15 is 0 Å². The predicted molar refractivity (Wildman–Crippen MR) is 61.0 cm³/mol. The zero-order valence-corrected chi connectivity index (χ0v) is 9.17. The van der Waals surface area contributed by atoms with Crippen molar-refractivity contribution in [3.63, 3.8) is 0 Å². The Kier molecular flexibility index (Phi) is 2.32. The van der Waals surface area contributed by atoms with Gasteiger partial charge >= 0.3 is 0 Å². The Hall–Kier alpha value is -1.15. The van der Waals surface area contributed by atoms with Crippen LogP contribution in [0.25, 0.3) is 0 Å². The topological polar surface area (TPSA) is 37.3 Å². The summed E-state index contributed by atoms with van der Waals surface area (Å²) < 4.78 is 0. The second-order valence-corrected chi connectivity index (χ2v) is 5.04. The fourth-order valence-corrected chi connectivity index (χ4v) is 3.41. The van der Waals surface area contributed by atoms with Crippen molar-refractivity contribution in [1.29, 1.82) is 0 Å². The summed E-state index contributed by atoms with van der Waals surface area (Å²) in [4.78, 5) is 11.7. The minimum atomic E-state index is -0.456. The van der Waals surface area contributed by atoms with Crippen LogP contribution in [0.4, 0.5) is 0 Å². The number of benzene rings is 1. The molecule has 0 saturated heterocycles. The first kappa shape index (κ1) is 10.0. The van der Waals surface area contributed by atoms with Gasteiger partial charge in [0.25, 0.3) is 0 Å². The Balaban J connectivity index is 1.95. The monoisotopic (exact) mass is 216 g/mol. The van der Waals surface area contributed by atoms with Gasteiger partial charge < -0.3 is 5.11 Å². The molecule has 0 heterocycles. The van der Waals surface area contributed by atoms with Crippen molar-refractivity contribution in [3.05, 3.63) is 35.9 Å². The lowest BCUT2D eigenvalue weighted by Gasteiger charge is -2.45. The Morgan fingerprint density at radius 3 is 2.50 bits per heavy atom. The molecule has 3 saturated carbocycles. The highest BCUT2D eigenvalue weighted by Crippen LogP contribution is 2.47. The highest BCUT2D eigenvalue weighted by molar-refractivity contribution is 5.84. The molecule has 0 aromatic heterocycles. The van der Waals surface area contributed by atoms with Crippen LogP contribution < -0.4 is 0 Å². The molecule has 3 fully saturated rings. The van der Waals surface area contributed by atoms with Crippen LogP contribution in [0.1, 0.15) is 30.7 Å². The molecule has 2 heteroatoms. The van der Waals surface area contributed by atoms with Gasteiger partial charge in [-0.15, -0.1) is 0 Å². The van der Waals surface area contributed by atoms with Crippen LogP contribution in [-0.4, -0.2) is 17.0 Å². The lowest BCUT2D eigenvalue weighted by atomic mass is 9.60. The van der Waals surface area contributed by atoms with Gasteiger partial charge in [-0.1, -0.05) is 30.3 Å². The number of ketones is 1. The maximum Gasteiger partial charge on any atom is 0.138 e. The zero-order chi connectivity index (χ0) is 11.1. The molecule has 1 aromatic carbocycles. The van der Waals surface area contributed by atoms with Crippen LogP contribution in [0.3, 0.4) is 0 Å². The number of fused-ring (bicyclic) bond motifs is 3. The van der Waals surface area contributed by atoms with Crippen molar-refractivity contribution in [2.45, 2.75) is 31.3 Å². The number of carbonyl (C=O) groups excluding carboxylic acids is 1. The van der Waals surface area contributed by atoms with Gasteiger partial charge in [0.15, 0.2) is 0 Å². The number of aliphatic hydroxyl groups is 1. The SMILES string of the molecule is O=C1C[C@@H]2CCC1C(O)C2c1ccccc1. The summed E-state index contributed by atoms with van der Waals surface area (Å²) in [5.74, 6) is 0.707. The van der Waals surface area contributed by atoms with Crippen molar-refractivity contribution >= 4 is 5.78 Å². The van der Waals surface area contributed by atoms with E-state index in [0.29, 0.717) is 12.3 Å². The molecule has 1 N–H and O–H groups in total. The number of Topliss-reactive ketones (excluding diaryl/α,β-unsaturated/α-hetero) is 1. The van der Waals surface area contributed by atoms with Crippen LogP contribution in [0, 0.1) is 11.8 Å². The van der Waals surface area contributed by atoms with Crippen LogP contribution in [0.2, 0.25) is 0 Å². The van der Waals surface area contributed by atoms with Gasteiger partial charge in [-0.3, -0.25) is 4.79 Å². The van der Waals surface area contributed by atoms with Crippen LogP contribution >= 0.6 is 0 Å². The highest BCUT2D eigenvalue weighted by atomic mass is 16.3. The molecular weight excluding hydrogens is 200 g/mol. The molecule has 4 rings (SSSR count). The Morgan fingerprint density at radius 1 is 1.12 bits per heavy atom. The van der Waals surface area contributed by atoms with Crippen LogP contribution in [0.15, 0.2) is 30.3 Å². The molecule has 4 atom stereocenters. The first-order chi connectivity index (χ1) is 7.77. The maximum atomic E-state index is 11.7. The van der Waals surface area contributed by atoms with Crippen molar-refractivity contribution < 1.29 is 9.90 Å². The number of carbonyl (C=O) groups is 1. The van der Waals surface area contributed by atoms with Crippen molar-refractivity contribution in [2.75, 3.05) is 0 Å². The minimum absolute atomic E-state index is 0.102. The summed E-state index contributed by atoms with van der Waals surface area (Å²) >= 11 is 0. The predicted octanol–water partition coefficient (Wildman–Crippen LogP) is 2.13. The fourth-order valence-electron chi connectivity index (χ4n) is 3.41. The van der Waals surface area contributed by atoms with E-state index < -0.39 is 6.10 Å². The molecular formula is C14H16O2. The third-order valence-electron chi connectivity index (χ3n) is 4.20. The third kappa shape index (κ3) is 1.40. The van der Waals surface area contributed by atoms with Crippen molar-refractivity contribution in [1.82, 2.24) is 0 Å².